The van der Waals surface area contributed by atoms with Gasteiger partial charge < -0.3 is 11.1 Å². The Hall–Kier alpha value is -1.40. The number of nitrogens with one attached hydrogen (secondary N) is 1. The summed E-state index contributed by atoms with van der Waals surface area (Å²) in [6.45, 7) is 0. The van der Waals surface area contributed by atoms with Crippen LogP contribution in [0.2, 0.25) is 5.02 Å². The quantitative estimate of drug-likeness (QED) is 0.695. The minimum Gasteiger partial charge on any atom is -0.397 e. The Labute approximate surface area is 126 Å². The van der Waals surface area contributed by atoms with Crippen LogP contribution in [0.1, 0.15) is 5.56 Å². The summed E-state index contributed by atoms with van der Waals surface area (Å²) < 4.78 is 38.8. The van der Waals surface area contributed by atoms with Gasteiger partial charge in [0.05, 0.1) is 27.6 Å². The maximum atomic E-state index is 12.7. The van der Waals surface area contributed by atoms with Gasteiger partial charge in [0, 0.05) is 4.47 Å². The zero-order valence-corrected chi connectivity index (χ0v) is 12.3. The number of nitrogen functional groups attached to an aromatic ring is 1. The van der Waals surface area contributed by atoms with Crippen molar-refractivity contribution in [2.45, 2.75) is 6.18 Å². The maximum absolute atomic E-state index is 12.7. The summed E-state index contributed by atoms with van der Waals surface area (Å²) >= 11 is 9.17. The van der Waals surface area contributed by atoms with Crippen molar-refractivity contribution < 1.29 is 13.2 Å². The molecule has 0 aromatic heterocycles. The van der Waals surface area contributed by atoms with Crippen LogP contribution in [0.15, 0.2) is 40.9 Å². The Bertz CT molecular complexity index is 644. The Kier molecular flexibility index (Phi) is 4.15. The molecule has 0 bridgehead atoms. The fourth-order valence-electron chi connectivity index (χ4n) is 1.58. The molecule has 2 aromatic carbocycles. The molecule has 2 aromatic rings. The molecule has 2 rings (SSSR count). The third-order valence-corrected chi connectivity index (χ3v) is 3.40. The van der Waals surface area contributed by atoms with Crippen molar-refractivity contribution in [2.75, 3.05) is 11.1 Å². The van der Waals surface area contributed by atoms with E-state index in [2.05, 4.69) is 21.2 Å². The summed E-state index contributed by atoms with van der Waals surface area (Å²) in [7, 11) is 0. The van der Waals surface area contributed by atoms with Gasteiger partial charge in [-0.25, -0.2) is 0 Å². The Morgan fingerprint density at radius 2 is 1.75 bits per heavy atom. The van der Waals surface area contributed by atoms with Gasteiger partial charge in [0.15, 0.2) is 0 Å². The van der Waals surface area contributed by atoms with Crippen LogP contribution in [-0.4, -0.2) is 0 Å². The van der Waals surface area contributed by atoms with E-state index >= 15 is 0 Å². The van der Waals surface area contributed by atoms with Gasteiger partial charge in [-0.05, 0) is 36.4 Å². The van der Waals surface area contributed by atoms with E-state index in [1.54, 1.807) is 18.2 Å². The lowest BCUT2D eigenvalue weighted by atomic mass is 10.2. The second kappa shape index (κ2) is 5.54. The van der Waals surface area contributed by atoms with Crippen molar-refractivity contribution in [3.8, 4) is 0 Å². The normalized spacial score (nSPS) is 11.4. The predicted molar refractivity (Wildman–Crippen MR) is 78.3 cm³/mol. The molecule has 0 heterocycles. The molecule has 0 amide bonds. The molecule has 0 saturated heterocycles. The third-order valence-electron chi connectivity index (χ3n) is 2.58. The number of hydrogen-bond acceptors (Lipinski definition) is 2. The molecular weight excluding hydrogens is 357 g/mol. The number of halogens is 5. The van der Waals surface area contributed by atoms with Crippen molar-refractivity contribution >= 4 is 44.6 Å². The molecule has 3 N–H and O–H groups in total. The monoisotopic (exact) mass is 364 g/mol. The largest absolute Gasteiger partial charge is 0.416 e. The van der Waals surface area contributed by atoms with Gasteiger partial charge >= 0.3 is 6.18 Å². The standard InChI is InChI=1S/C13H9BrClF3N2/c14-8-2-4-10(19)12(6-8)20-11-5-7(13(16,17)18)1-3-9(11)15/h1-6,20H,19H2. The summed E-state index contributed by atoms with van der Waals surface area (Å²) in [5.41, 5.74) is 6.00. The van der Waals surface area contributed by atoms with E-state index in [1.807, 2.05) is 0 Å². The van der Waals surface area contributed by atoms with Crippen LogP contribution < -0.4 is 11.1 Å². The van der Waals surface area contributed by atoms with Crippen LogP contribution in [0, 0.1) is 0 Å². The minimum atomic E-state index is -4.43. The van der Waals surface area contributed by atoms with Crippen LogP contribution in [-0.2, 0) is 6.18 Å². The van der Waals surface area contributed by atoms with Gasteiger partial charge in [0.1, 0.15) is 0 Å². The predicted octanol–water partition coefficient (Wildman–Crippen LogP) is 5.45. The van der Waals surface area contributed by atoms with Crippen molar-refractivity contribution in [1.82, 2.24) is 0 Å². The zero-order chi connectivity index (χ0) is 14.9. The van der Waals surface area contributed by atoms with E-state index < -0.39 is 11.7 Å². The van der Waals surface area contributed by atoms with Crippen molar-refractivity contribution in [3.05, 3.63) is 51.5 Å². The number of benzene rings is 2. The van der Waals surface area contributed by atoms with E-state index in [-0.39, 0.29) is 10.7 Å². The van der Waals surface area contributed by atoms with Crippen LogP contribution in [0.4, 0.5) is 30.2 Å². The van der Waals surface area contributed by atoms with Gasteiger partial charge in [-0.15, -0.1) is 0 Å². The molecule has 0 radical (unpaired) electrons. The lowest BCUT2D eigenvalue weighted by Gasteiger charge is -2.14. The number of anilines is 3. The van der Waals surface area contributed by atoms with Crippen LogP contribution in [0.25, 0.3) is 0 Å². The van der Waals surface area contributed by atoms with Crippen molar-refractivity contribution in [3.63, 3.8) is 0 Å². The summed E-state index contributed by atoms with van der Waals surface area (Å²) in [6, 6.07) is 8.09. The number of hydrogen-bond donors (Lipinski definition) is 2. The van der Waals surface area contributed by atoms with E-state index in [4.69, 9.17) is 17.3 Å². The molecule has 0 atom stereocenters. The smallest absolute Gasteiger partial charge is 0.397 e. The Balaban J connectivity index is 2.40. The molecule has 0 aliphatic heterocycles. The van der Waals surface area contributed by atoms with Crippen LogP contribution in [0.5, 0.6) is 0 Å². The lowest BCUT2D eigenvalue weighted by molar-refractivity contribution is -0.137. The summed E-state index contributed by atoms with van der Waals surface area (Å²) in [5, 5.41) is 2.98. The fourth-order valence-corrected chi connectivity index (χ4v) is 2.11. The highest BCUT2D eigenvalue weighted by Gasteiger charge is 2.31. The average Bonchev–Trinajstić information content (AvgIpc) is 2.35. The first-order chi connectivity index (χ1) is 9.27. The molecule has 20 heavy (non-hydrogen) atoms. The number of alkyl halides is 3. The second-order valence-corrected chi connectivity index (χ2v) is 5.37. The SMILES string of the molecule is Nc1ccc(Br)cc1Nc1cc(C(F)(F)F)ccc1Cl. The third kappa shape index (κ3) is 3.37. The molecule has 106 valence electrons. The molecule has 0 unspecified atom stereocenters. The van der Waals surface area contributed by atoms with Crippen LogP contribution >= 0.6 is 27.5 Å². The first-order valence-electron chi connectivity index (χ1n) is 5.46. The van der Waals surface area contributed by atoms with Crippen LogP contribution in [0.3, 0.4) is 0 Å². The second-order valence-electron chi connectivity index (χ2n) is 4.05. The number of nitrogens with two attached hydrogens (primary N) is 1. The Morgan fingerprint density at radius 1 is 1.05 bits per heavy atom. The van der Waals surface area contributed by atoms with Gasteiger partial charge in [0.25, 0.3) is 0 Å². The maximum Gasteiger partial charge on any atom is 0.416 e. The molecule has 0 saturated carbocycles. The van der Waals surface area contributed by atoms with E-state index in [9.17, 15) is 13.2 Å². The lowest BCUT2D eigenvalue weighted by Crippen LogP contribution is -2.06. The van der Waals surface area contributed by atoms with Gasteiger partial charge in [-0.3, -0.25) is 0 Å². The summed E-state index contributed by atoms with van der Waals surface area (Å²) in [5.74, 6) is 0. The summed E-state index contributed by atoms with van der Waals surface area (Å²) in [4.78, 5) is 0. The highest BCUT2D eigenvalue weighted by Crippen LogP contribution is 2.36. The van der Waals surface area contributed by atoms with E-state index in [0.717, 1.165) is 16.6 Å². The fraction of sp³-hybridized carbons (Fsp3) is 0.0769. The van der Waals surface area contributed by atoms with Crippen molar-refractivity contribution in [1.29, 1.82) is 0 Å². The molecular formula is C13H9BrClF3N2. The number of rotatable bonds is 2. The summed E-state index contributed by atoms with van der Waals surface area (Å²) in [6.07, 6.45) is -4.43. The van der Waals surface area contributed by atoms with Gasteiger partial charge in [0.2, 0.25) is 0 Å². The topological polar surface area (TPSA) is 38.0 Å². The van der Waals surface area contributed by atoms with Gasteiger partial charge in [-0.1, -0.05) is 27.5 Å². The first kappa shape index (κ1) is 15.0. The molecule has 0 spiro atoms. The molecule has 0 aliphatic rings. The highest BCUT2D eigenvalue weighted by molar-refractivity contribution is 9.10. The molecule has 0 aliphatic carbocycles. The average molecular weight is 366 g/mol. The van der Waals surface area contributed by atoms with E-state index in [1.165, 1.54) is 6.07 Å². The van der Waals surface area contributed by atoms with Crippen molar-refractivity contribution in [2.24, 2.45) is 0 Å². The van der Waals surface area contributed by atoms with Gasteiger partial charge in [-0.2, -0.15) is 13.2 Å². The highest BCUT2D eigenvalue weighted by atomic mass is 79.9. The minimum absolute atomic E-state index is 0.145. The first-order valence-corrected chi connectivity index (χ1v) is 6.63. The molecule has 0 fully saturated rings. The zero-order valence-electron chi connectivity index (χ0n) is 9.93. The molecule has 7 heteroatoms. The molecule has 2 nitrogen and oxygen atoms in total. The Morgan fingerprint density at radius 3 is 2.40 bits per heavy atom. The van der Waals surface area contributed by atoms with E-state index in [0.29, 0.717) is 11.4 Å².